The van der Waals surface area contributed by atoms with Crippen LogP contribution in [-0.4, -0.2) is 19.1 Å². The van der Waals surface area contributed by atoms with Gasteiger partial charge in [0.15, 0.2) is 5.58 Å². The normalized spacial score (nSPS) is 12.5. The van der Waals surface area contributed by atoms with Crippen molar-refractivity contribution in [1.29, 1.82) is 0 Å². The van der Waals surface area contributed by atoms with Gasteiger partial charge in [-0.2, -0.15) is 21.6 Å². The van der Waals surface area contributed by atoms with Gasteiger partial charge in [0.1, 0.15) is 5.82 Å². The average Bonchev–Trinajstić information content (AvgIpc) is 2.90. The van der Waals surface area contributed by atoms with Gasteiger partial charge in [0, 0.05) is 10.6 Å². The first-order valence-electron chi connectivity index (χ1n) is 6.44. The van der Waals surface area contributed by atoms with Crippen LogP contribution >= 0.6 is 11.6 Å². The Morgan fingerprint density at radius 1 is 1.12 bits per heavy atom. The van der Waals surface area contributed by atoms with E-state index in [0.29, 0.717) is 5.56 Å². The van der Waals surface area contributed by atoms with Crippen LogP contribution in [0.5, 0.6) is 5.88 Å². The molecule has 0 bridgehead atoms. The Hall–Kier alpha value is -2.33. The molecule has 0 amide bonds. The lowest BCUT2D eigenvalue weighted by molar-refractivity contribution is -0.0501. The number of aromatic nitrogens is 1. The molecule has 0 spiro atoms. The Bertz CT molecular complexity index is 1060. The van der Waals surface area contributed by atoms with Crippen LogP contribution in [0.4, 0.5) is 17.6 Å². The van der Waals surface area contributed by atoms with Crippen LogP contribution in [0.25, 0.3) is 22.1 Å². The van der Waals surface area contributed by atoms with E-state index < -0.39 is 27.3 Å². The molecule has 25 heavy (non-hydrogen) atoms. The molecule has 0 fully saturated rings. The summed E-state index contributed by atoms with van der Waals surface area (Å²) in [5, 5.41) is 3.32. The predicted molar refractivity (Wildman–Crippen MR) is 80.0 cm³/mol. The molecule has 0 unspecified atom stereocenters. The van der Waals surface area contributed by atoms with Gasteiger partial charge in [-0.15, -0.1) is 0 Å². The summed E-state index contributed by atoms with van der Waals surface area (Å²) < 4.78 is 81.8. The molecule has 1 aromatic heterocycles. The van der Waals surface area contributed by atoms with Crippen molar-refractivity contribution in [3.05, 3.63) is 47.2 Å². The zero-order valence-electron chi connectivity index (χ0n) is 11.8. The van der Waals surface area contributed by atoms with E-state index >= 15 is 0 Å². The molecular weight excluding hydrogens is 390 g/mol. The number of alkyl halides is 3. The molecule has 0 saturated carbocycles. The number of benzene rings is 2. The van der Waals surface area contributed by atoms with Gasteiger partial charge in [-0.3, -0.25) is 0 Å². The summed E-state index contributed by atoms with van der Waals surface area (Å²) in [5.41, 5.74) is -5.28. The quantitative estimate of drug-likeness (QED) is 0.370. The lowest BCUT2D eigenvalue weighted by Crippen LogP contribution is -2.28. The van der Waals surface area contributed by atoms with E-state index in [1.54, 1.807) is 0 Å². The van der Waals surface area contributed by atoms with Crippen molar-refractivity contribution in [1.82, 2.24) is 5.16 Å². The smallest absolute Gasteiger partial charge is 0.352 e. The first-order valence-corrected chi connectivity index (χ1v) is 8.23. The van der Waals surface area contributed by atoms with E-state index in [-0.39, 0.29) is 21.6 Å². The maximum atomic E-state index is 13.9. The third-order valence-corrected chi connectivity index (χ3v) is 4.33. The number of halogens is 5. The van der Waals surface area contributed by atoms with Crippen LogP contribution in [0.15, 0.2) is 40.9 Å². The largest absolute Gasteiger partial charge is 0.534 e. The summed E-state index contributed by atoms with van der Waals surface area (Å²) >= 11 is 5.81. The summed E-state index contributed by atoms with van der Waals surface area (Å²) in [6.45, 7) is 0. The predicted octanol–water partition coefficient (Wildman–Crippen LogP) is 4.52. The molecule has 11 heteroatoms. The van der Waals surface area contributed by atoms with Crippen molar-refractivity contribution >= 4 is 32.7 Å². The molecule has 3 aromatic rings. The Balaban J connectivity index is 2.04. The molecule has 0 N–H and O–H groups in total. The zero-order valence-corrected chi connectivity index (χ0v) is 13.4. The second-order valence-electron chi connectivity index (χ2n) is 4.81. The molecule has 0 aliphatic heterocycles. The van der Waals surface area contributed by atoms with Crippen molar-refractivity contribution in [3.8, 4) is 17.0 Å². The van der Waals surface area contributed by atoms with Crippen molar-refractivity contribution in [2.75, 3.05) is 0 Å². The number of nitrogens with zero attached hydrogens (tertiary/aromatic N) is 1. The topological polar surface area (TPSA) is 69.4 Å². The molecular formula is C14H6ClF4NO4S. The average molecular weight is 396 g/mol. The highest BCUT2D eigenvalue weighted by Crippen LogP contribution is 2.34. The fourth-order valence-electron chi connectivity index (χ4n) is 2.01. The van der Waals surface area contributed by atoms with Crippen LogP contribution in [0, 0.1) is 5.82 Å². The number of hydrogen-bond acceptors (Lipinski definition) is 5. The molecule has 0 atom stereocenters. The van der Waals surface area contributed by atoms with Crippen molar-refractivity contribution < 1.29 is 34.7 Å². The highest BCUT2D eigenvalue weighted by Gasteiger charge is 2.49. The van der Waals surface area contributed by atoms with Gasteiger partial charge < -0.3 is 8.71 Å². The number of fused-ring (bicyclic) bond motifs is 1. The minimum Gasteiger partial charge on any atom is -0.352 e. The lowest BCUT2D eigenvalue weighted by atomic mass is 10.0. The Morgan fingerprint density at radius 3 is 2.52 bits per heavy atom. The molecule has 132 valence electrons. The summed E-state index contributed by atoms with van der Waals surface area (Å²) in [4.78, 5) is 0. The highest BCUT2D eigenvalue weighted by molar-refractivity contribution is 7.88. The van der Waals surface area contributed by atoms with Gasteiger partial charge >= 0.3 is 15.6 Å². The molecule has 0 radical (unpaired) electrons. The highest BCUT2D eigenvalue weighted by atomic mass is 35.5. The van der Waals surface area contributed by atoms with Gasteiger partial charge in [-0.25, -0.2) is 4.39 Å². The summed E-state index contributed by atoms with van der Waals surface area (Å²) in [7, 11) is -5.89. The summed E-state index contributed by atoms with van der Waals surface area (Å²) in [6.07, 6.45) is 0. The fraction of sp³-hybridized carbons (Fsp3) is 0.0714. The third-order valence-electron chi connectivity index (χ3n) is 3.15. The second kappa shape index (κ2) is 5.88. The van der Waals surface area contributed by atoms with Crippen molar-refractivity contribution in [3.63, 3.8) is 0 Å². The van der Waals surface area contributed by atoms with Gasteiger partial charge in [0.05, 0.1) is 5.39 Å². The van der Waals surface area contributed by atoms with Crippen LogP contribution in [0.1, 0.15) is 0 Å². The van der Waals surface area contributed by atoms with Gasteiger partial charge in [-0.05, 0) is 41.1 Å². The molecule has 0 saturated heterocycles. The van der Waals surface area contributed by atoms with Gasteiger partial charge in [0.25, 0.3) is 5.88 Å². The van der Waals surface area contributed by atoms with E-state index in [4.69, 9.17) is 16.1 Å². The number of rotatable bonds is 3. The van der Waals surface area contributed by atoms with Gasteiger partial charge in [-0.1, -0.05) is 17.7 Å². The van der Waals surface area contributed by atoms with Crippen LogP contribution in [-0.2, 0) is 10.1 Å². The second-order valence-corrected chi connectivity index (χ2v) is 6.78. The van der Waals surface area contributed by atoms with Crippen LogP contribution in [0.2, 0.25) is 5.02 Å². The van der Waals surface area contributed by atoms with Crippen LogP contribution in [0.3, 0.4) is 0 Å². The van der Waals surface area contributed by atoms with E-state index in [2.05, 4.69) is 9.34 Å². The van der Waals surface area contributed by atoms with Crippen LogP contribution < -0.4 is 4.18 Å². The number of hydrogen-bond donors (Lipinski definition) is 0. The Kier molecular flexibility index (Phi) is 4.12. The zero-order chi connectivity index (χ0) is 18.4. The van der Waals surface area contributed by atoms with E-state index in [1.807, 2.05) is 0 Å². The Morgan fingerprint density at radius 2 is 1.84 bits per heavy atom. The molecule has 3 rings (SSSR count). The maximum Gasteiger partial charge on any atom is 0.534 e. The third kappa shape index (κ3) is 3.27. The van der Waals surface area contributed by atoms with Crippen molar-refractivity contribution in [2.24, 2.45) is 0 Å². The summed E-state index contributed by atoms with van der Waals surface area (Å²) in [6, 6.07) is 7.64. The molecule has 1 heterocycles. The molecule has 2 aromatic carbocycles. The molecule has 0 aliphatic carbocycles. The minimum atomic E-state index is -5.89. The first kappa shape index (κ1) is 17.5. The first-order chi connectivity index (χ1) is 11.6. The summed E-state index contributed by atoms with van der Waals surface area (Å²) in [5.74, 6) is -1.45. The van der Waals surface area contributed by atoms with E-state index in [9.17, 15) is 26.0 Å². The van der Waals surface area contributed by atoms with Gasteiger partial charge in [0.2, 0.25) is 0 Å². The van der Waals surface area contributed by atoms with E-state index in [1.165, 1.54) is 30.3 Å². The maximum absolute atomic E-state index is 13.9. The fourth-order valence-corrected chi connectivity index (χ4v) is 2.61. The minimum absolute atomic E-state index is 0.0933. The monoisotopic (exact) mass is 395 g/mol. The standard InChI is InChI=1S/C14H6ClF4NO4S/c15-8-2-4-11(16)10(6-8)7-1-3-9-12(5-7)23-20-13(9)24-25(21,22)14(17,18)19/h1-6H. The van der Waals surface area contributed by atoms with Crippen molar-refractivity contribution in [2.45, 2.75) is 5.51 Å². The van der Waals surface area contributed by atoms with E-state index in [0.717, 1.165) is 6.07 Å². The lowest BCUT2D eigenvalue weighted by Gasteiger charge is -2.07. The molecule has 0 aliphatic rings. The molecule has 5 nitrogen and oxygen atoms in total. The SMILES string of the molecule is O=S(=O)(Oc1noc2cc(-c3cc(Cl)ccc3F)ccc12)C(F)(F)F. The Labute approximate surface area is 142 Å².